The van der Waals surface area contributed by atoms with Crippen molar-refractivity contribution < 1.29 is 18.7 Å². The molecule has 0 aromatic heterocycles. The fourth-order valence-electron chi connectivity index (χ4n) is 2.04. The van der Waals surface area contributed by atoms with Gasteiger partial charge >= 0.3 is 5.97 Å². The first-order valence-electron chi connectivity index (χ1n) is 6.43. The van der Waals surface area contributed by atoms with Crippen molar-refractivity contribution in [3.63, 3.8) is 0 Å². The molecule has 106 valence electrons. The number of benzene rings is 1. The standard InChI is InChI=1S/C14H19F2NO2/c1-3-5-8-17(4-2)13(14(18)19)11-7-6-10(15)9-12(11)16/h6-7,9,13H,3-5,8H2,1-2H3,(H,18,19). The van der Waals surface area contributed by atoms with Crippen molar-refractivity contribution in [3.05, 3.63) is 35.4 Å². The third-order valence-corrected chi connectivity index (χ3v) is 3.06. The van der Waals surface area contributed by atoms with Crippen LogP contribution in [0.25, 0.3) is 0 Å². The number of halogens is 2. The van der Waals surface area contributed by atoms with Crippen molar-refractivity contribution in [3.8, 4) is 0 Å². The number of hydrogen-bond donors (Lipinski definition) is 1. The smallest absolute Gasteiger partial charge is 0.325 e. The van der Waals surface area contributed by atoms with Gasteiger partial charge in [-0.25, -0.2) is 8.78 Å². The zero-order valence-corrected chi connectivity index (χ0v) is 11.2. The predicted octanol–water partition coefficient (Wildman–Crippen LogP) is 3.21. The molecule has 1 aromatic carbocycles. The zero-order valence-electron chi connectivity index (χ0n) is 11.2. The summed E-state index contributed by atoms with van der Waals surface area (Å²) in [6, 6.07) is 1.94. The number of carboxylic acids is 1. The van der Waals surface area contributed by atoms with E-state index in [1.165, 1.54) is 6.07 Å². The van der Waals surface area contributed by atoms with Crippen LogP contribution in [0.4, 0.5) is 8.78 Å². The average Bonchev–Trinajstić information content (AvgIpc) is 2.35. The first-order chi connectivity index (χ1) is 9.01. The van der Waals surface area contributed by atoms with Crippen LogP contribution < -0.4 is 0 Å². The highest BCUT2D eigenvalue weighted by Crippen LogP contribution is 2.24. The summed E-state index contributed by atoms with van der Waals surface area (Å²) >= 11 is 0. The number of nitrogens with zero attached hydrogens (tertiary/aromatic N) is 1. The van der Waals surface area contributed by atoms with Crippen molar-refractivity contribution in [2.24, 2.45) is 0 Å². The molecule has 0 saturated heterocycles. The summed E-state index contributed by atoms with van der Waals surface area (Å²) in [6.07, 6.45) is 1.76. The Morgan fingerprint density at radius 1 is 1.37 bits per heavy atom. The third kappa shape index (κ3) is 3.99. The summed E-state index contributed by atoms with van der Waals surface area (Å²) in [6.45, 7) is 4.89. The van der Waals surface area contributed by atoms with E-state index in [9.17, 15) is 18.7 Å². The van der Waals surface area contributed by atoms with Gasteiger partial charge in [-0.1, -0.05) is 26.3 Å². The molecule has 1 aromatic rings. The van der Waals surface area contributed by atoms with E-state index in [4.69, 9.17) is 0 Å². The van der Waals surface area contributed by atoms with Gasteiger partial charge in [0.15, 0.2) is 0 Å². The summed E-state index contributed by atoms with van der Waals surface area (Å²) in [4.78, 5) is 13.1. The Hall–Kier alpha value is -1.49. The Labute approximate surface area is 111 Å². The summed E-state index contributed by atoms with van der Waals surface area (Å²) in [7, 11) is 0. The molecule has 1 N–H and O–H groups in total. The second kappa shape index (κ2) is 7.19. The minimum atomic E-state index is -1.12. The Morgan fingerprint density at radius 2 is 2.05 bits per heavy atom. The van der Waals surface area contributed by atoms with Crippen molar-refractivity contribution in [2.45, 2.75) is 32.7 Å². The second-order valence-corrected chi connectivity index (χ2v) is 4.39. The van der Waals surface area contributed by atoms with Crippen LogP contribution in [0, 0.1) is 11.6 Å². The number of rotatable bonds is 7. The fraction of sp³-hybridized carbons (Fsp3) is 0.500. The Kier molecular flexibility index (Phi) is 5.89. The maximum atomic E-state index is 13.7. The van der Waals surface area contributed by atoms with Gasteiger partial charge < -0.3 is 5.11 Å². The molecule has 0 bridgehead atoms. The van der Waals surface area contributed by atoms with Gasteiger partial charge in [-0.05, 0) is 25.6 Å². The molecule has 19 heavy (non-hydrogen) atoms. The minimum absolute atomic E-state index is 0.00635. The molecule has 1 rings (SSSR count). The molecule has 1 unspecified atom stereocenters. The number of carboxylic acid groups (broad SMARTS) is 1. The first kappa shape index (κ1) is 15.6. The molecule has 1 atom stereocenters. The number of hydrogen-bond acceptors (Lipinski definition) is 2. The van der Waals surface area contributed by atoms with Crippen LogP contribution in [0.15, 0.2) is 18.2 Å². The molecular formula is C14H19F2NO2. The Bertz CT molecular complexity index is 437. The lowest BCUT2D eigenvalue weighted by Crippen LogP contribution is -2.35. The average molecular weight is 271 g/mol. The van der Waals surface area contributed by atoms with E-state index in [2.05, 4.69) is 0 Å². The summed E-state index contributed by atoms with van der Waals surface area (Å²) in [5, 5.41) is 9.32. The van der Waals surface area contributed by atoms with Crippen LogP contribution in [-0.4, -0.2) is 29.1 Å². The third-order valence-electron chi connectivity index (χ3n) is 3.06. The topological polar surface area (TPSA) is 40.5 Å². The quantitative estimate of drug-likeness (QED) is 0.827. The van der Waals surface area contributed by atoms with E-state index in [1.54, 1.807) is 4.90 Å². The lowest BCUT2D eigenvalue weighted by atomic mass is 10.0. The molecule has 0 aliphatic heterocycles. The second-order valence-electron chi connectivity index (χ2n) is 4.39. The van der Waals surface area contributed by atoms with Gasteiger partial charge in [0.1, 0.15) is 17.7 Å². The van der Waals surface area contributed by atoms with E-state index < -0.39 is 23.6 Å². The van der Waals surface area contributed by atoms with E-state index in [0.717, 1.165) is 25.0 Å². The molecule has 0 aliphatic rings. The van der Waals surface area contributed by atoms with E-state index in [-0.39, 0.29) is 5.56 Å². The monoisotopic (exact) mass is 271 g/mol. The zero-order chi connectivity index (χ0) is 14.4. The van der Waals surface area contributed by atoms with E-state index in [0.29, 0.717) is 13.1 Å². The van der Waals surface area contributed by atoms with Gasteiger partial charge in [0.05, 0.1) is 0 Å². The highest BCUT2D eigenvalue weighted by molar-refractivity contribution is 5.75. The van der Waals surface area contributed by atoms with Crippen molar-refractivity contribution in [1.29, 1.82) is 0 Å². The van der Waals surface area contributed by atoms with Crippen LogP contribution in [0.3, 0.4) is 0 Å². The number of unbranched alkanes of at least 4 members (excludes halogenated alkanes) is 1. The molecule has 0 saturated carbocycles. The van der Waals surface area contributed by atoms with Crippen molar-refractivity contribution in [1.82, 2.24) is 4.90 Å². The van der Waals surface area contributed by atoms with Gasteiger partial charge in [0.2, 0.25) is 0 Å². The summed E-state index contributed by atoms with van der Waals surface area (Å²) < 4.78 is 26.6. The predicted molar refractivity (Wildman–Crippen MR) is 68.9 cm³/mol. The molecule has 0 aliphatic carbocycles. The lowest BCUT2D eigenvalue weighted by molar-refractivity contribution is -0.143. The summed E-state index contributed by atoms with van der Waals surface area (Å²) in [5.41, 5.74) is 0.00635. The maximum absolute atomic E-state index is 13.7. The number of aliphatic carboxylic acids is 1. The van der Waals surface area contributed by atoms with Gasteiger partial charge in [0.25, 0.3) is 0 Å². The van der Waals surface area contributed by atoms with Gasteiger partial charge in [-0.2, -0.15) is 0 Å². The Morgan fingerprint density at radius 3 is 2.53 bits per heavy atom. The lowest BCUT2D eigenvalue weighted by Gasteiger charge is -2.28. The number of carbonyl (C=O) groups is 1. The Balaban J connectivity index is 3.07. The SMILES string of the molecule is CCCCN(CC)C(C(=O)O)c1ccc(F)cc1F. The normalized spacial score (nSPS) is 12.7. The molecule has 3 nitrogen and oxygen atoms in total. The van der Waals surface area contributed by atoms with Gasteiger partial charge in [-0.15, -0.1) is 0 Å². The van der Waals surface area contributed by atoms with Gasteiger partial charge in [0, 0.05) is 11.6 Å². The van der Waals surface area contributed by atoms with Crippen LogP contribution >= 0.6 is 0 Å². The van der Waals surface area contributed by atoms with E-state index in [1.807, 2.05) is 13.8 Å². The highest BCUT2D eigenvalue weighted by atomic mass is 19.1. The van der Waals surface area contributed by atoms with Crippen LogP contribution in [-0.2, 0) is 4.79 Å². The first-order valence-corrected chi connectivity index (χ1v) is 6.43. The fourth-order valence-corrected chi connectivity index (χ4v) is 2.04. The maximum Gasteiger partial charge on any atom is 0.325 e. The molecule has 5 heteroatoms. The minimum Gasteiger partial charge on any atom is -0.480 e. The molecule has 0 amide bonds. The molecule has 0 fully saturated rings. The molecule has 0 heterocycles. The molecule has 0 spiro atoms. The highest BCUT2D eigenvalue weighted by Gasteiger charge is 2.28. The van der Waals surface area contributed by atoms with Crippen molar-refractivity contribution >= 4 is 5.97 Å². The largest absolute Gasteiger partial charge is 0.480 e. The molecular weight excluding hydrogens is 252 g/mol. The van der Waals surface area contributed by atoms with E-state index >= 15 is 0 Å². The molecule has 0 radical (unpaired) electrons. The van der Waals surface area contributed by atoms with Crippen LogP contribution in [0.5, 0.6) is 0 Å². The van der Waals surface area contributed by atoms with Crippen LogP contribution in [0.2, 0.25) is 0 Å². The van der Waals surface area contributed by atoms with Crippen LogP contribution in [0.1, 0.15) is 38.3 Å². The number of likely N-dealkylation sites (N-methyl/N-ethyl adjacent to an activating group) is 1. The van der Waals surface area contributed by atoms with Crippen molar-refractivity contribution in [2.75, 3.05) is 13.1 Å². The summed E-state index contributed by atoms with van der Waals surface area (Å²) in [5.74, 6) is -2.65. The van der Waals surface area contributed by atoms with Gasteiger partial charge in [-0.3, -0.25) is 9.69 Å².